The molecule has 0 amide bonds. The fourth-order valence-corrected chi connectivity index (χ4v) is 2.47. The van der Waals surface area contributed by atoms with E-state index in [0.717, 1.165) is 12.2 Å². The van der Waals surface area contributed by atoms with Gasteiger partial charge in [-0.15, -0.1) is 0 Å². The Balaban J connectivity index is 2.38. The molecule has 1 heterocycles. The maximum Gasteiger partial charge on any atom is 0.0896 e. The number of aryl methyl sites for hydroxylation is 1. The molecule has 2 aromatic rings. The van der Waals surface area contributed by atoms with Crippen molar-refractivity contribution in [1.29, 1.82) is 0 Å². The smallest absolute Gasteiger partial charge is 0.0896 e. The van der Waals surface area contributed by atoms with Crippen molar-refractivity contribution in [2.24, 2.45) is 0 Å². The van der Waals surface area contributed by atoms with E-state index in [2.05, 4.69) is 81.9 Å². The second-order valence-corrected chi connectivity index (χ2v) is 6.80. The van der Waals surface area contributed by atoms with Gasteiger partial charge in [-0.1, -0.05) is 30.3 Å². The lowest BCUT2D eigenvalue weighted by molar-refractivity contribution is 0.374. The Morgan fingerprint density at radius 3 is 2.19 bits per heavy atom. The minimum Gasteiger partial charge on any atom is -0.310 e. The van der Waals surface area contributed by atoms with Crippen LogP contribution in [0.4, 0.5) is 0 Å². The molecule has 1 aromatic carbocycles. The van der Waals surface area contributed by atoms with Crippen LogP contribution in [0, 0.1) is 20.8 Å². The van der Waals surface area contributed by atoms with Gasteiger partial charge in [-0.25, -0.2) is 0 Å². The molecule has 21 heavy (non-hydrogen) atoms. The molecule has 0 aliphatic rings. The molecule has 3 nitrogen and oxygen atoms in total. The van der Waals surface area contributed by atoms with E-state index in [0.29, 0.717) is 0 Å². The van der Waals surface area contributed by atoms with Gasteiger partial charge in [0.2, 0.25) is 0 Å². The molecule has 1 aromatic heterocycles. The Hall–Kier alpha value is -1.61. The van der Waals surface area contributed by atoms with E-state index in [9.17, 15) is 0 Å². The predicted octanol–water partition coefficient (Wildman–Crippen LogP) is 3.79. The Labute approximate surface area is 128 Å². The van der Waals surface area contributed by atoms with Crippen LogP contribution in [0.15, 0.2) is 30.3 Å². The molecule has 0 saturated carbocycles. The molecule has 0 aliphatic carbocycles. The molecule has 0 radical (unpaired) electrons. The molecule has 0 fully saturated rings. The maximum atomic E-state index is 4.76. The van der Waals surface area contributed by atoms with E-state index in [1.54, 1.807) is 0 Å². The lowest BCUT2D eigenvalue weighted by Gasteiger charge is -2.26. The first-order valence-corrected chi connectivity index (χ1v) is 7.62. The molecule has 0 spiro atoms. The number of aromatic nitrogens is 2. The van der Waals surface area contributed by atoms with Crippen LogP contribution in [0.25, 0.3) is 0 Å². The van der Waals surface area contributed by atoms with Gasteiger partial charge >= 0.3 is 0 Å². The maximum absolute atomic E-state index is 4.76. The van der Waals surface area contributed by atoms with E-state index in [1.165, 1.54) is 16.8 Å². The van der Waals surface area contributed by atoms with Crippen molar-refractivity contribution in [2.45, 2.75) is 53.1 Å². The lowest BCUT2D eigenvalue weighted by atomic mass is 10.0. The van der Waals surface area contributed by atoms with Gasteiger partial charge in [0.15, 0.2) is 0 Å². The molecule has 2 rings (SSSR count). The molecule has 1 atom stereocenters. The summed E-state index contributed by atoms with van der Waals surface area (Å²) < 4.78 is 2.17. The van der Waals surface area contributed by atoms with Crippen molar-refractivity contribution in [3.63, 3.8) is 0 Å². The van der Waals surface area contributed by atoms with Crippen LogP contribution in [-0.2, 0) is 0 Å². The SMILES string of the molecule is Cc1nn(C(CNC(C)(C)C)c2ccccc2)c(C)c1C. The summed E-state index contributed by atoms with van der Waals surface area (Å²) in [5.74, 6) is 0. The minimum atomic E-state index is 0.0954. The van der Waals surface area contributed by atoms with Crippen LogP contribution in [0.3, 0.4) is 0 Å². The van der Waals surface area contributed by atoms with Gasteiger partial charge in [0.1, 0.15) is 0 Å². The summed E-state index contributed by atoms with van der Waals surface area (Å²) in [5.41, 5.74) is 5.03. The van der Waals surface area contributed by atoms with E-state index in [-0.39, 0.29) is 11.6 Å². The molecule has 0 saturated heterocycles. The topological polar surface area (TPSA) is 29.9 Å². The third-order valence-corrected chi connectivity index (χ3v) is 3.99. The average Bonchev–Trinajstić information content (AvgIpc) is 2.67. The fraction of sp³-hybridized carbons (Fsp3) is 0.500. The highest BCUT2D eigenvalue weighted by molar-refractivity contribution is 5.27. The molecule has 0 aliphatic heterocycles. The summed E-state index contributed by atoms with van der Waals surface area (Å²) in [7, 11) is 0. The van der Waals surface area contributed by atoms with E-state index in [4.69, 9.17) is 5.10 Å². The van der Waals surface area contributed by atoms with Crippen LogP contribution in [0.5, 0.6) is 0 Å². The molecule has 0 bridgehead atoms. The molecule has 3 heteroatoms. The van der Waals surface area contributed by atoms with Gasteiger partial charge in [-0.05, 0) is 52.7 Å². The molecule has 1 unspecified atom stereocenters. The third-order valence-electron chi connectivity index (χ3n) is 3.99. The van der Waals surface area contributed by atoms with Crippen molar-refractivity contribution in [3.8, 4) is 0 Å². The van der Waals surface area contributed by atoms with Crippen LogP contribution in [-0.4, -0.2) is 21.9 Å². The summed E-state index contributed by atoms with van der Waals surface area (Å²) in [6, 6.07) is 10.8. The largest absolute Gasteiger partial charge is 0.310 e. The average molecular weight is 285 g/mol. The van der Waals surface area contributed by atoms with Gasteiger partial charge in [-0.3, -0.25) is 4.68 Å². The van der Waals surface area contributed by atoms with Crippen LogP contribution in [0.2, 0.25) is 0 Å². The lowest BCUT2D eigenvalue weighted by Crippen LogP contribution is -2.40. The van der Waals surface area contributed by atoms with E-state index in [1.807, 2.05) is 0 Å². The zero-order chi connectivity index (χ0) is 15.6. The molecule has 114 valence electrons. The first-order chi connectivity index (χ1) is 9.79. The summed E-state index contributed by atoms with van der Waals surface area (Å²) in [5, 5.41) is 8.38. The summed E-state index contributed by atoms with van der Waals surface area (Å²) in [6.07, 6.45) is 0. The van der Waals surface area contributed by atoms with E-state index < -0.39 is 0 Å². The first-order valence-electron chi connectivity index (χ1n) is 7.62. The van der Waals surface area contributed by atoms with Crippen molar-refractivity contribution >= 4 is 0 Å². The monoisotopic (exact) mass is 285 g/mol. The van der Waals surface area contributed by atoms with Crippen LogP contribution >= 0.6 is 0 Å². The Kier molecular flexibility index (Phi) is 4.52. The minimum absolute atomic E-state index is 0.0954. The number of rotatable bonds is 4. The van der Waals surface area contributed by atoms with Gasteiger partial charge < -0.3 is 5.32 Å². The zero-order valence-corrected chi connectivity index (χ0v) is 14.1. The number of hydrogen-bond acceptors (Lipinski definition) is 2. The Morgan fingerprint density at radius 1 is 1.10 bits per heavy atom. The van der Waals surface area contributed by atoms with Gasteiger partial charge in [0, 0.05) is 17.8 Å². The number of benzene rings is 1. The molecule has 1 N–H and O–H groups in total. The summed E-state index contributed by atoms with van der Waals surface area (Å²) >= 11 is 0. The number of nitrogens with zero attached hydrogens (tertiary/aromatic N) is 2. The Bertz CT molecular complexity index is 591. The Morgan fingerprint density at radius 2 is 1.71 bits per heavy atom. The highest BCUT2D eigenvalue weighted by atomic mass is 15.3. The predicted molar refractivity (Wildman–Crippen MR) is 88.8 cm³/mol. The van der Waals surface area contributed by atoms with Crippen molar-refractivity contribution in [2.75, 3.05) is 6.54 Å². The second kappa shape index (κ2) is 6.02. The standard InChI is InChI=1S/C18H27N3/c1-13-14(2)20-21(15(13)3)17(12-19-18(4,5)6)16-10-8-7-9-11-16/h7-11,17,19H,12H2,1-6H3. The summed E-state index contributed by atoms with van der Waals surface area (Å²) in [6.45, 7) is 13.8. The fourth-order valence-electron chi connectivity index (χ4n) is 2.47. The van der Waals surface area contributed by atoms with Crippen LogP contribution < -0.4 is 5.32 Å². The van der Waals surface area contributed by atoms with E-state index >= 15 is 0 Å². The van der Waals surface area contributed by atoms with Crippen molar-refractivity contribution in [3.05, 3.63) is 52.8 Å². The highest BCUT2D eigenvalue weighted by Crippen LogP contribution is 2.22. The molecular formula is C18H27N3. The highest BCUT2D eigenvalue weighted by Gasteiger charge is 2.21. The number of nitrogens with one attached hydrogen (secondary N) is 1. The second-order valence-electron chi connectivity index (χ2n) is 6.80. The molecular weight excluding hydrogens is 258 g/mol. The zero-order valence-electron chi connectivity index (χ0n) is 14.1. The van der Waals surface area contributed by atoms with Gasteiger partial charge in [-0.2, -0.15) is 5.10 Å². The van der Waals surface area contributed by atoms with Crippen molar-refractivity contribution < 1.29 is 0 Å². The van der Waals surface area contributed by atoms with Crippen LogP contribution in [0.1, 0.15) is 49.3 Å². The van der Waals surface area contributed by atoms with Gasteiger partial charge in [0.25, 0.3) is 0 Å². The van der Waals surface area contributed by atoms with Crippen molar-refractivity contribution in [1.82, 2.24) is 15.1 Å². The first kappa shape index (κ1) is 15.8. The van der Waals surface area contributed by atoms with Gasteiger partial charge in [0.05, 0.1) is 11.7 Å². The quantitative estimate of drug-likeness (QED) is 0.926. The normalized spacial score (nSPS) is 13.4. The third kappa shape index (κ3) is 3.73. The summed E-state index contributed by atoms with van der Waals surface area (Å²) in [4.78, 5) is 0. The number of hydrogen-bond donors (Lipinski definition) is 1.